The molecule has 1 saturated carbocycles. The maximum Gasteiger partial charge on any atom is 0.254 e. The van der Waals surface area contributed by atoms with Crippen LogP contribution in [0.25, 0.3) is 0 Å². The molecule has 1 aromatic carbocycles. The second-order valence-electron chi connectivity index (χ2n) is 5.15. The van der Waals surface area contributed by atoms with Crippen LogP contribution in [0.3, 0.4) is 0 Å². The second kappa shape index (κ2) is 5.18. The van der Waals surface area contributed by atoms with Crippen LogP contribution in [0.1, 0.15) is 36.5 Å². The molecular formula is C12H14Cl2N2O3S. The van der Waals surface area contributed by atoms with E-state index in [1.54, 1.807) is 0 Å². The van der Waals surface area contributed by atoms with Gasteiger partial charge in [0.2, 0.25) is 10.0 Å². The molecule has 0 radical (unpaired) electrons. The van der Waals surface area contributed by atoms with Crippen molar-refractivity contribution in [2.75, 3.05) is 0 Å². The number of carbonyl (C=O) groups excluding carboxylic acids is 1. The molecule has 1 amide bonds. The fourth-order valence-electron chi connectivity index (χ4n) is 2.13. The van der Waals surface area contributed by atoms with E-state index in [9.17, 15) is 13.2 Å². The standard InChI is InChI=1S/C12H14Cl2N2O3S/c1-12(5-2-6-12)16-11(17)9-7(13)3-4-8(10(9)14)20(15,18)19/h3-4H,2,5-6H2,1H3,(H,16,17)(H2,15,18,19). The smallest absolute Gasteiger partial charge is 0.254 e. The number of carbonyl (C=O) groups is 1. The van der Waals surface area contributed by atoms with Crippen LogP contribution >= 0.6 is 23.2 Å². The molecule has 0 heterocycles. The average molecular weight is 337 g/mol. The van der Waals surface area contributed by atoms with Gasteiger partial charge in [-0.3, -0.25) is 4.79 Å². The Morgan fingerprint density at radius 2 is 1.95 bits per heavy atom. The van der Waals surface area contributed by atoms with Crippen molar-refractivity contribution < 1.29 is 13.2 Å². The quantitative estimate of drug-likeness (QED) is 0.887. The van der Waals surface area contributed by atoms with Crippen LogP contribution in [-0.2, 0) is 10.0 Å². The van der Waals surface area contributed by atoms with Gasteiger partial charge in [-0.25, -0.2) is 13.6 Å². The van der Waals surface area contributed by atoms with E-state index in [4.69, 9.17) is 28.3 Å². The molecule has 0 atom stereocenters. The molecule has 1 aliphatic carbocycles. The number of benzene rings is 1. The molecule has 0 saturated heterocycles. The van der Waals surface area contributed by atoms with Crippen LogP contribution in [-0.4, -0.2) is 19.9 Å². The van der Waals surface area contributed by atoms with Gasteiger partial charge in [0, 0.05) is 5.54 Å². The second-order valence-corrected chi connectivity index (χ2v) is 7.46. The summed E-state index contributed by atoms with van der Waals surface area (Å²) in [7, 11) is -4.01. The van der Waals surface area contributed by atoms with Crippen molar-refractivity contribution in [2.45, 2.75) is 36.6 Å². The predicted octanol–water partition coefficient (Wildman–Crippen LogP) is 2.31. The summed E-state index contributed by atoms with van der Waals surface area (Å²) in [6.45, 7) is 1.92. The molecule has 1 fully saturated rings. The van der Waals surface area contributed by atoms with E-state index in [-0.39, 0.29) is 26.0 Å². The zero-order valence-corrected chi connectivity index (χ0v) is 13.1. The largest absolute Gasteiger partial charge is 0.347 e. The number of hydrogen-bond acceptors (Lipinski definition) is 3. The van der Waals surface area contributed by atoms with Crippen molar-refractivity contribution in [3.05, 3.63) is 27.7 Å². The van der Waals surface area contributed by atoms with E-state index in [0.717, 1.165) is 19.3 Å². The highest BCUT2D eigenvalue weighted by Crippen LogP contribution is 2.34. The summed E-state index contributed by atoms with van der Waals surface area (Å²) in [5.41, 5.74) is -0.352. The molecule has 2 rings (SSSR count). The van der Waals surface area contributed by atoms with Crippen molar-refractivity contribution in [2.24, 2.45) is 5.14 Å². The minimum Gasteiger partial charge on any atom is -0.347 e. The third kappa shape index (κ3) is 2.93. The summed E-state index contributed by atoms with van der Waals surface area (Å²) in [5, 5.41) is 7.72. The zero-order valence-electron chi connectivity index (χ0n) is 10.7. The number of amides is 1. The van der Waals surface area contributed by atoms with Crippen molar-refractivity contribution in [3.63, 3.8) is 0 Å². The zero-order chi connectivity index (χ0) is 15.1. The molecule has 0 spiro atoms. The lowest BCUT2D eigenvalue weighted by Crippen LogP contribution is -2.51. The molecular weight excluding hydrogens is 323 g/mol. The van der Waals surface area contributed by atoms with Gasteiger partial charge >= 0.3 is 0 Å². The summed E-state index contributed by atoms with van der Waals surface area (Å²) in [4.78, 5) is 11.9. The SMILES string of the molecule is CC1(NC(=O)c2c(Cl)ccc(S(N)(=O)=O)c2Cl)CCC1. The Labute approximate surface area is 127 Å². The van der Waals surface area contributed by atoms with Crippen LogP contribution in [0.5, 0.6) is 0 Å². The number of hydrogen-bond donors (Lipinski definition) is 2. The maximum atomic E-state index is 12.3. The third-order valence-corrected chi connectivity index (χ3v) is 5.23. The molecule has 8 heteroatoms. The molecule has 5 nitrogen and oxygen atoms in total. The van der Waals surface area contributed by atoms with E-state index >= 15 is 0 Å². The van der Waals surface area contributed by atoms with Gasteiger partial charge in [0.15, 0.2) is 0 Å². The third-order valence-electron chi connectivity index (χ3n) is 3.46. The summed E-state index contributed by atoms with van der Waals surface area (Å²) >= 11 is 11.9. The van der Waals surface area contributed by atoms with Crippen LogP contribution in [0.2, 0.25) is 10.0 Å². The number of rotatable bonds is 3. The van der Waals surface area contributed by atoms with Crippen LogP contribution in [0, 0.1) is 0 Å². The summed E-state index contributed by atoms with van der Waals surface area (Å²) < 4.78 is 22.8. The number of sulfonamides is 1. The van der Waals surface area contributed by atoms with Crippen LogP contribution in [0.4, 0.5) is 0 Å². The van der Waals surface area contributed by atoms with E-state index in [2.05, 4.69) is 5.32 Å². The Balaban J connectivity index is 2.43. The topological polar surface area (TPSA) is 89.3 Å². The molecule has 1 aromatic rings. The predicted molar refractivity (Wildman–Crippen MR) is 77.6 cm³/mol. The monoisotopic (exact) mass is 336 g/mol. The Hall–Kier alpha value is -0.820. The number of primary sulfonamides is 1. The fraction of sp³-hybridized carbons (Fsp3) is 0.417. The molecule has 0 unspecified atom stereocenters. The van der Waals surface area contributed by atoms with Crippen molar-refractivity contribution >= 4 is 39.1 Å². The molecule has 3 N–H and O–H groups in total. The Kier molecular flexibility index (Phi) is 4.03. The lowest BCUT2D eigenvalue weighted by Gasteiger charge is -2.39. The summed E-state index contributed by atoms with van der Waals surface area (Å²) in [6.07, 6.45) is 2.77. The Morgan fingerprint density at radius 1 is 1.35 bits per heavy atom. The van der Waals surface area contributed by atoms with Crippen molar-refractivity contribution in [3.8, 4) is 0 Å². The fourth-order valence-corrected chi connectivity index (χ4v) is 3.60. The van der Waals surface area contributed by atoms with E-state index in [1.165, 1.54) is 12.1 Å². The first kappa shape index (κ1) is 15.6. The van der Waals surface area contributed by atoms with Gasteiger partial charge in [-0.05, 0) is 38.3 Å². The van der Waals surface area contributed by atoms with Gasteiger partial charge < -0.3 is 5.32 Å². The molecule has 0 bridgehead atoms. The highest BCUT2D eigenvalue weighted by atomic mass is 35.5. The minimum absolute atomic E-state index is 0.0621. The first-order valence-electron chi connectivity index (χ1n) is 5.97. The van der Waals surface area contributed by atoms with E-state index in [0.29, 0.717) is 0 Å². The molecule has 110 valence electrons. The van der Waals surface area contributed by atoms with E-state index in [1.807, 2.05) is 6.92 Å². The normalized spacial score (nSPS) is 17.4. The highest BCUT2D eigenvalue weighted by Gasteiger charge is 2.34. The van der Waals surface area contributed by atoms with Gasteiger partial charge in [-0.15, -0.1) is 0 Å². The van der Waals surface area contributed by atoms with Crippen LogP contribution in [0.15, 0.2) is 17.0 Å². The van der Waals surface area contributed by atoms with Crippen LogP contribution < -0.4 is 10.5 Å². The van der Waals surface area contributed by atoms with Gasteiger partial charge in [0.25, 0.3) is 5.91 Å². The average Bonchev–Trinajstić information content (AvgIpc) is 2.24. The maximum absolute atomic E-state index is 12.3. The number of nitrogens with two attached hydrogens (primary N) is 1. The Morgan fingerprint density at radius 3 is 2.40 bits per heavy atom. The molecule has 20 heavy (non-hydrogen) atoms. The van der Waals surface area contributed by atoms with Gasteiger partial charge in [-0.2, -0.15) is 0 Å². The van der Waals surface area contributed by atoms with Gasteiger partial charge in [-0.1, -0.05) is 23.2 Å². The first-order chi connectivity index (χ1) is 9.14. The number of halogens is 2. The highest BCUT2D eigenvalue weighted by molar-refractivity contribution is 7.89. The minimum atomic E-state index is -4.01. The first-order valence-corrected chi connectivity index (χ1v) is 8.28. The lowest BCUT2D eigenvalue weighted by atomic mass is 9.78. The van der Waals surface area contributed by atoms with E-state index < -0.39 is 15.9 Å². The molecule has 0 aromatic heterocycles. The summed E-state index contributed by atoms with van der Waals surface area (Å²) in [6, 6.07) is 2.48. The Bertz CT molecular complexity index is 670. The number of nitrogens with one attached hydrogen (secondary N) is 1. The molecule has 1 aliphatic rings. The van der Waals surface area contributed by atoms with Gasteiger partial charge in [0.1, 0.15) is 4.90 Å². The lowest BCUT2D eigenvalue weighted by molar-refractivity contribution is 0.0850. The van der Waals surface area contributed by atoms with Crippen molar-refractivity contribution in [1.82, 2.24) is 5.32 Å². The summed E-state index contributed by atoms with van der Waals surface area (Å²) in [5.74, 6) is -0.493. The van der Waals surface area contributed by atoms with Crippen molar-refractivity contribution in [1.29, 1.82) is 0 Å². The van der Waals surface area contributed by atoms with Gasteiger partial charge in [0.05, 0.1) is 15.6 Å². The molecule has 0 aliphatic heterocycles.